The van der Waals surface area contributed by atoms with Crippen molar-refractivity contribution >= 4 is 5.91 Å². The van der Waals surface area contributed by atoms with E-state index in [1.165, 1.54) is 24.8 Å². The topological polar surface area (TPSA) is 41.6 Å². The summed E-state index contributed by atoms with van der Waals surface area (Å²) in [6, 6.07) is 14.6. The van der Waals surface area contributed by atoms with Gasteiger partial charge < -0.3 is 10.1 Å². The number of hydrogen-bond donors (Lipinski definition) is 1. The molecule has 2 aromatic carbocycles. The number of benzene rings is 2. The number of likely N-dealkylation sites (N-methyl/N-ethyl adjacent to an activating group) is 1. The highest BCUT2D eigenvalue weighted by Crippen LogP contribution is 2.16. The molecule has 1 amide bonds. The van der Waals surface area contributed by atoms with Gasteiger partial charge in [0.25, 0.3) is 5.91 Å². The summed E-state index contributed by atoms with van der Waals surface area (Å²) in [6.45, 7) is 6.45. The number of hydrogen-bond acceptors (Lipinski definition) is 3. The fraction of sp³-hybridized carbons (Fsp3) is 0.381. The first-order chi connectivity index (χ1) is 12.6. The minimum absolute atomic E-state index is 0.0313. The highest BCUT2D eigenvalue weighted by molar-refractivity contribution is 5.94. The number of nitrogens with one attached hydrogen (secondary N) is 1. The summed E-state index contributed by atoms with van der Waals surface area (Å²) in [5.74, 6) is -0.594. The molecule has 5 heteroatoms. The molecule has 0 aromatic heterocycles. The van der Waals surface area contributed by atoms with Crippen molar-refractivity contribution in [2.45, 2.75) is 26.3 Å². The predicted octanol–water partition coefficient (Wildman–Crippen LogP) is 3.52. The first-order valence-corrected chi connectivity index (χ1v) is 8.98. The molecule has 0 aliphatic carbocycles. The first-order valence-electron chi connectivity index (χ1n) is 8.98. The van der Waals surface area contributed by atoms with Gasteiger partial charge in [-0.2, -0.15) is 0 Å². The first kappa shape index (κ1) is 19.9. The minimum Gasteiger partial charge on any atom is -0.497 e. The van der Waals surface area contributed by atoms with Crippen molar-refractivity contribution < 1.29 is 13.9 Å². The van der Waals surface area contributed by atoms with E-state index in [-0.39, 0.29) is 11.6 Å². The van der Waals surface area contributed by atoms with Crippen molar-refractivity contribution in [3.63, 3.8) is 0 Å². The second kappa shape index (κ2) is 9.92. The summed E-state index contributed by atoms with van der Waals surface area (Å²) < 4.78 is 19.1. The van der Waals surface area contributed by atoms with Gasteiger partial charge in [-0.15, -0.1) is 0 Å². The summed E-state index contributed by atoms with van der Waals surface area (Å²) in [4.78, 5) is 14.7. The third kappa shape index (κ3) is 5.30. The average Bonchev–Trinajstić information content (AvgIpc) is 2.67. The lowest BCUT2D eigenvalue weighted by molar-refractivity contribution is 0.0930. The highest BCUT2D eigenvalue weighted by Gasteiger charge is 2.19. The Hall–Kier alpha value is -2.40. The smallest absolute Gasteiger partial charge is 0.254 e. The maximum Gasteiger partial charge on any atom is 0.254 e. The Labute approximate surface area is 155 Å². The van der Waals surface area contributed by atoms with Crippen LogP contribution in [0.2, 0.25) is 0 Å². The lowest BCUT2D eigenvalue weighted by Gasteiger charge is -2.30. The summed E-state index contributed by atoms with van der Waals surface area (Å²) in [7, 11) is 1.47. The number of halogens is 1. The number of carbonyl (C=O) groups is 1. The molecule has 0 aliphatic rings. The second-order valence-corrected chi connectivity index (χ2v) is 6.12. The van der Waals surface area contributed by atoms with Crippen LogP contribution in [0.3, 0.4) is 0 Å². The molecule has 4 nitrogen and oxygen atoms in total. The summed E-state index contributed by atoms with van der Waals surface area (Å²) in [5.41, 5.74) is 1.25. The van der Waals surface area contributed by atoms with E-state index < -0.39 is 11.7 Å². The average molecular weight is 358 g/mol. The van der Waals surface area contributed by atoms with Gasteiger partial charge in [-0.1, -0.05) is 44.2 Å². The summed E-state index contributed by atoms with van der Waals surface area (Å²) >= 11 is 0. The molecule has 1 unspecified atom stereocenters. The third-order valence-corrected chi connectivity index (χ3v) is 4.56. The molecule has 1 atom stereocenters. The Balaban J connectivity index is 2.07. The van der Waals surface area contributed by atoms with Gasteiger partial charge in [0.05, 0.1) is 12.7 Å². The molecule has 26 heavy (non-hydrogen) atoms. The highest BCUT2D eigenvalue weighted by atomic mass is 19.1. The van der Waals surface area contributed by atoms with Crippen molar-refractivity contribution in [2.75, 3.05) is 26.7 Å². The summed E-state index contributed by atoms with van der Waals surface area (Å²) in [6.07, 6.45) is 0.827. The molecule has 2 aromatic rings. The number of ether oxygens (including phenoxy) is 1. The zero-order valence-corrected chi connectivity index (χ0v) is 15.7. The molecule has 1 N–H and O–H groups in total. The van der Waals surface area contributed by atoms with Crippen molar-refractivity contribution in [1.29, 1.82) is 0 Å². The Morgan fingerprint density at radius 3 is 2.42 bits per heavy atom. The quantitative estimate of drug-likeness (QED) is 0.746. The molecule has 2 rings (SSSR count). The van der Waals surface area contributed by atoms with E-state index in [9.17, 15) is 9.18 Å². The molecule has 0 saturated carbocycles. The van der Waals surface area contributed by atoms with Crippen molar-refractivity contribution in [3.8, 4) is 5.75 Å². The van der Waals surface area contributed by atoms with Gasteiger partial charge in [0.15, 0.2) is 0 Å². The van der Waals surface area contributed by atoms with Crippen LogP contribution in [0.1, 0.15) is 29.8 Å². The van der Waals surface area contributed by atoms with Gasteiger partial charge in [0.2, 0.25) is 0 Å². The van der Waals surface area contributed by atoms with Crippen LogP contribution in [0.5, 0.6) is 5.75 Å². The fourth-order valence-corrected chi connectivity index (χ4v) is 3.07. The van der Waals surface area contributed by atoms with Crippen molar-refractivity contribution in [3.05, 3.63) is 65.5 Å². The molecule has 0 radical (unpaired) electrons. The maximum atomic E-state index is 14.1. The van der Waals surface area contributed by atoms with Gasteiger partial charge in [-0.25, -0.2) is 4.39 Å². The molecule has 0 aliphatic heterocycles. The van der Waals surface area contributed by atoms with E-state index >= 15 is 0 Å². The lowest BCUT2D eigenvalue weighted by atomic mass is 10.0. The van der Waals surface area contributed by atoms with Crippen molar-refractivity contribution in [1.82, 2.24) is 10.2 Å². The Bertz CT molecular complexity index is 702. The van der Waals surface area contributed by atoms with Crippen LogP contribution in [0.4, 0.5) is 4.39 Å². The van der Waals surface area contributed by atoms with Crippen LogP contribution in [0, 0.1) is 5.82 Å². The van der Waals surface area contributed by atoms with Gasteiger partial charge in [0, 0.05) is 18.7 Å². The number of carbonyl (C=O) groups excluding carboxylic acids is 1. The number of nitrogens with zero attached hydrogens (tertiary/aromatic N) is 1. The zero-order valence-electron chi connectivity index (χ0n) is 15.7. The number of amides is 1. The van der Waals surface area contributed by atoms with Crippen LogP contribution >= 0.6 is 0 Å². The lowest BCUT2D eigenvalue weighted by Crippen LogP contribution is -2.45. The largest absolute Gasteiger partial charge is 0.497 e. The van der Waals surface area contributed by atoms with Gasteiger partial charge in [-0.3, -0.25) is 9.69 Å². The van der Waals surface area contributed by atoms with Gasteiger partial charge >= 0.3 is 0 Å². The van der Waals surface area contributed by atoms with Crippen molar-refractivity contribution in [2.24, 2.45) is 0 Å². The molecule has 0 heterocycles. The van der Waals surface area contributed by atoms with E-state index in [1.807, 2.05) is 18.2 Å². The molecule has 0 saturated heterocycles. The molecule has 0 fully saturated rings. The Kier molecular flexibility index (Phi) is 7.60. The van der Waals surface area contributed by atoms with Crippen LogP contribution in [-0.2, 0) is 6.42 Å². The summed E-state index contributed by atoms with van der Waals surface area (Å²) in [5, 5.41) is 2.89. The predicted molar refractivity (Wildman–Crippen MR) is 102 cm³/mol. The Morgan fingerprint density at radius 2 is 1.85 bits per heavy atom. The molecule has 140 valence electrons. The van der Waals surface area contributed by atoms with Gasteiger partial charge in [0.1, 0.15) is 11.6 Å². The SMILES string of the molecule is CCN(CC)C(CNC(=O)c1ccc(OC)cc1F)Cc1ccccc1. The van der Waals surface area contributed by atoms with Crippen LogP contribution < -0.4 is 10.1 Å². The van der Waals surface area contributed by atoms with E-state index in [2.05, 4.69) is 36.2 Å². The molecule has 0 bridgehead atoms. The molecular formula is C21H27FN2O2. The zero-order chi connectivity index (χ0) is 18.9. The maximum absolute atomic E-state index is 14.1. The fourth-order valence-electron chi connectivity index (χ4n) is 3.07. The van der Waals surface area contributed by atoms with E-state index in [0.29, 0.717) is 12.3 Å². The van der Waals surface area contributed by atoms with E-state index in [0.717, 1.165) is 19.5 Å². The van der Waals surface area contributed by atoms with Crippen LogP contribution in [-0.4, -0.2) is 43.6 Å². The Morgan fingerprint density at radius 1 is 1.15 bits per heavy atom. The second-order valence-electron chi connectivity index (χ2n) is 6.12. The number of rotatable bonds is 9. The van der Waals surface area contributed by atoms with E-state index in [1.54, 1.807) is 6.07 Å². The third-order valence-electron chi connectivity index (χ3n) is 4.56. The minimum atomic E-state index is -0.579. The normalized spacial score (nSPS) is 12.0. The van der Waals surface area contributed by atoms with Crippen LogP contribution in [0.25, 0.3) is 0 Å². The standard InChI is InChI=1S/C21H27FN2O2/c1-4-24(5-2)17(13-16-9-7-6-8-10-16)15-23-21(25)19-12-11-18(26-3)14-20(19)22/h6-12,14,17H,4-5,13,15H2,1-3H3,(H,23,25). The monoisotopic (exact) mass is 358 g/mol. The van der Waals surface area contributed by atoms with Gasteiger partial charge in [-0.05, 0) is 37.2 Å². The number of methoxy groups -OCH3 is 1. The van der Waals surface area contributed by atoms with Crippen LogP contribution in [0.15, 0.2) is 48.5 Å². The molecular weight excluding hydrogens is 331 g/mol. The molecule has 0 spiro atoms. The van der Waals surface area contributed by atoms with E-state index in [4.69, 9.17) is 4.74 Å².